The molecular weight excluding hydrogens is 390 g/mol. The number of para-hydroxylation sites is 1. The average Bonchev–Trinajstić information content (AvgIpc) is 2.62. The predicted octanol–water partition coefficient (Wildman–Crippen LogP) is 7.18. The SMILES string of the molecule is Cc1cccc(C(C=CSc2cccc(Br)c2)=Nc2ccccc2)c1. The van der Waals surface area contributed by atoms with E-state index >= 15 is 0 Å². The van der Waals surface area contributed by atoms with Crippen LogP contribution in [0.1, 0.15) is 11.1 Å². The molecule has 0 unspecified atom stereocenters. The molecule has 0 radical (unpaired) electrons. The van der Waals surface area contributed by atoms with Gasteiger partial charge in [-0.3, -0.25) is 0 Å². The van der Waals surface area contributed by atoms with Gasteiger partial charge >= 0.3 is 0 Å². The maximum atomic E-state index is 4.83. The van der Waals surface area contributed by atoms with E-state index in [1.807, 2.05) is 42.5 Å². The molecule has 0 aliphatic carbocycles. The highest BCUT2D eigenvalue weighted by Gasteiger charge is 2.01. The van der Waals surface area contributed by atoms with Crippen molar-refractivity contribution in [3.8, 4) is 0 Å². The van der Waals surface area contributed by atoms with Gasteiger partial charge in [0.25, 0.3) is 0 Å². The van der Waals surface area contributed by atoms with Gasteiger partial charge in [-0.05, 0) is 54.8 Å². The standard InChI is InChI=1S/C22H18BrNS/c1-17-7-5-8-18(15-17)22(24-20-10-3-2-4-11-20)13-14-25-21-12-6-9-19(23)16-21/h2-16H,1H3. The van der Waals surface area contributed by atoms with Gasteiger partial charge in [-0.1, -0.05) is 75.7 Å². The summed E-state index contributed by atoms with van der Waals surface area (Å²) >= 11 is 5.19. The van der Waals surface area contributed by atoms with Crippen molar-refractivity contribution in [2.45, 2.75) is 11.8 Å². The Balaban J connectivity index is 1.88. The van der Waals surface area contributed by atoms with Gasteiger partial charge in [0.05, 0.1) is 11.4 Å². The minimum absolute atomic E-state index is 0.955. The quantitative estimate of drug-likeness (QED) is 0.322. The smallest absolute Gasteiger partial charge is 0.0714 e. The predicted molar refractivity (Wildman–Crippen MR) is 113 cm³/mol. The summed E-state index contributed by atoms with van der Waals surface area (Å²) in [5.41, 5.74) is 4.26. The fourth-order valence-electron chi connectivity index (χ4n) is 2.36. The van der Waals surface area contributed by atoms with E-state index in [9.17, 15) is 0 Å². The average molecular weight is 408 g/mol. The molecule has 0 heterocycles. The van der Waals surface area contributed by atoms with Crippen molar-refractivity contribution in [1.82, 2.24) is 0 Å². The van der Waals surface area contributed by atoms with Gasteiger partial charge in [0.2, 0.25) is 0 Å². The maximum Gasteiger partial charge on any atom is 0.0714 e. The van der Waals surface area contributed by atoms with Gasteiger partial charge in [0, 0.05) is 14.9 Å². The number of rotatable bonds is 5. The van der Waals surface area contributed by atoms with Crippen molar-refractivity contribution in [2.24, 2.45) is 4.99 Å². The summed E-state index contributed by atoms with van der Waals surface area (Å²) in [6.07, 6.45) is 2.08. The van der Waals surface area contributed by atoms with Crippen LogP contribution in [0.4, 0.5) is 5.69 Å². The summed E-state index contributed by atoms with van der Waals surface area (Å²) in [7, 11) is 0. The van der Waals surface area contributed by atoms with Crippen LogP contribution in [0.3, 0.4) is 0 Å². The van der Waals surface area contributed by atoms with Gasteiger partial charge in [0.1, 0.15) is 0 Å². The Labute approximate surface area is 161 Å². The van der Waals surface area contributed by atoms with Crippen molar-refractivity contribution in [2.75, 3.05) is 0 Å². The lowest BCUT2D eigenvalue weighted by atomic mass is 10.1. The summed E-state index contributed by atoms with van der Waals surface area (Å²) in [6, 6.07) is 26.8. The third kappa shape index (κ3) is 5.45. The zero-order valence-corrected chi connectivity index (χ0v) is 16.3. The fourth-order valence-corrected chi connectivity index (χ4v) is 3.62. The molecule has 1 nitrogen and oxygen atoms in total. The Morgan fingerprint density at radius 2 is 1.72 bits per heavy atom. The summed E-state index contributed by atoms with van der Waals surface area (Å²) in [5, 5.41) is 2.09. The Bertz CT molecular complexity index is 901. The van der Waals surface area contributed by atoms with Crippen LogP contribution in [0.25, 0.3) is 0 Å². The summed E-state index contributed by atoms with van der Waals surface area (Å²) in [5.74, 6) is 0. The van der Waals surface area contributed by atoms with Crippen LogP contribution in [0.15, 0.2) is 105 Å². The number of aryl methyl sites for hydroxylation is 1. The van der Waals surface area contributed by atoms with Crippen LogP contribution in [0.5, 0.6) is 0 Å². The lowest BCUT2D eigenvalue weighted by Gasteiger charge is -2.04. The van der Waals surface area contributed by atoms with Crippen LogP contribution in [-0.2, 0) is 0 Å². The highest BCUT2D eigenvalue weighted by molar-refractivity contribution is 9.10. The molecule has 0 atom stereocenters. The van der Waals surface area contributed by atoms with E-state index in [1.54, 1.807) is 11.8 Å². The molecule has 3 heteroatoms. The van der Waals surface area contributed by atoms with Crippen molar-refractivity contribution >= 4 is 39.1 Å². The van der Waals surface area contributed by atoms with E-state index in [2.05, 4.69) is 70.7 Å². The molecule has 0 spiro atoms. The number of hydrogen-bond donors (Lipinski definition) is 0. The molecule has 3 aromatic rings. The Morgan fingerprint density at radius 3 is 2.48 bits per heavy atom. The zero-order valence-electron chi connectivity index (χ0n) is 13.9. The molecule has 25 heavy (non-hydrogen) atoms. The number of thioether (sulfide) groups is 1. The third-order valence-corrected chi connectivity index (χ3v) is 4.84. The topological polar surface area (TPSA) is 12.4 Å². The number of nitrogens with zero attached hydrogens (tertiary/aromatic N) is 1. The number of halogens is 1. The highest BCUT2D eigenvalue weighted by Crippen LogP contribution is 2.23. The molecule has 0 saturated carbocycles. The second-order valence-electron chi connectivity index (χ2n) is 5.58. The molecule has 0 amide bonds. The van der Waals surface area contributed by atoms with Crippen LogP contribution in [0, 0.1) is 6.92 Å². The summed E-state index contributed by atoms with van der Waals surface area (Å²) in [6.45, 7) is 2.10. The van der Waals surface area contributed by atoms with E-state index < -0.39 is 0 Å². The van der Waals surface area contributed by atoms with Crippen molar-refractivity contribution < 1.29 is 0 Å². The number of benzene rings is 3. The van der Waals surface area contributed by atoms with Gasteiger partial charge in [-0.2, -0.15) is 0 Å². The van der Waals surface area contributed by atoms with E-state index in [4.69, 9.17) is 4.99 Å². The minimum Gasteiger partial charge on any atom is -0.248 e. The van der Waals surface area contributed by atoms with E-state index in [1.165, 1.54) is 10.5 Å². The second-order valence-corrected chi connectivity index (χ2v) is 7.47. The van der Waals surface area contributed by atoms with Crippen molar-refractivity contribution in [3.63, 3.8) is 0 Å². The summed E-state index contributed by atoms with van der Waals surface area (Å²) in [4.78, 5) is 6.01. The molecular formula is C22H18BrNS. The normalized spacial score (nSPS) is 11.8. The third-order valence-electron chi connectivity index (χ3n) is 3.55. The molecule has 0 aliphatic heterocycles. The highest BCUT2D eigenvalue weighted by atomic mass is 79.9. The lowest BCUT2D eigenvalue weighted by molar-refractivity contribution is 1.44. The molecule has 3 rings (SSSR count). The Hall–Kier alpha value is -2.10. The van der Waals surface area contributed by atoms with Crippen molar-refractivity contribution in [3.05, 3.63) is 106 Å². The number of allylic oxidation sites excluding steroid dienone is 1. The minimum atomic E-state index is 0.955. The first-order valence-corrected chi connectivity index (χ1v) is 9.67. The largest absolute Gasteiger partial charge is 0.248 e. The zero-order chi connectivity index (χ0) is 17.5. The van der Waals surface area contributed by atoms with E-state index in [-0.39, 0.29) is 0 Å². The molecule has 0 aromatic heterocycles. The molecule has 124 valence electrons. The van der Waals surface area contributed by atoms with Crippen LogP contribution in [0.2, 0.25) is 0 Å². The molecule has 0 aliphatic rings. The first-order valence-electron chi connectivity index (χ1n) is 8.00. The molecule has 0 bridgehead atoms. The Morgan fingerprint density at radius 1 is 0.920 bits per heavy atom. The maximum absolute atomic E-state index is 4.83. The van der Waals surface area contributed by atoms with Crippen molar-refractivity contribution in [1.29, 1.82) is 0 Å². The lowest BCUT2D eigenvalue weighted by Crippen LogP contribution is -1.96. The number of aliphatic imine (C=N–C) groups is 1. The first-order chi connectivity index (χ1) is 12.2. The van der Waals surface area contributed by atoms with Crippen LogP contribution < -0.4 is 0 Å². The molecule has 0 N–H and O–H groups in total. The van der Waals surface area contributed by atoms with Gasteiger partial charge < -0.3 is 0 Å². The first kappa shape index (κ1) is 17.7. The Kier molecular flexibility index (Phi) is 6.26. The van der Waals surface area contributed by atoms with Gasteiger partial charge in [-0.15, -0.1) is 0 Å². The monoisotopic (exact) mass is 407 g/mol. The molecule has 0 saturated heterocycles. The van der Waals surface area contributed by atoms with Crippen LogP contribution >= 0.6 is 27.7 Å². The summed E-state index contributed by atoms with van der Waals surface area (Å²) < 4.78 is 1.09. The van der Waals surface area contributed by atoms with Gasteiger partial charge in [-0.25, -0.2) is 4.99 Å². The second kappa shape index (κ2) is 8.84. The fraction of sp³-hybridized carbons (Fsp3) is 0.0455. The van der Waals surface area contributed by atoms with Crippen LogP contribution in [-0.4, -0.2) is 5.71 Å². The van der Waals surface area contributed by atoms with Gasteiger partial charge in [0.15, 0.2) is 0 Å². The van der Waals surface area contributed by atoms with E-state index in [0.717, 1.165) is 21.4 Å². The molecule has 0 fully saturated rings. The van der Waals surface area contributed by atoms with E-state index in [0.29, 0.717) is 0 Å². The molecule has 3 aromatic carbocycles. The number of hydrogen-bond acceptors (Lipinski definition) is 2.